The van der Waals surface area contributed by atoms with Crippen molar-refractivity contribution in [3.05, 3.63) is 176 Å². The van der Waals surface area contributed by atoms with E-state index in [4.69, 9.17) is 0 Å². The van der Waals surface area contributed by atoms with E-state index in [0.29, 0.717) is 0 Å². The molecular weight excluding hydrogens is 616 g/mol. The van der Waals surface area contributed by atoms with E-state index in [1.807, 2.05) is 11.3 Å². The number of rotatable bonds is 5. The minimum atomic E-state index is -0.845. The average Bonchev–Trinajstić information content (AvgIpc) is 3.69. The van der Waals surface area contributed by atoms with Gasteiger partial charge in [0, 0.05) is 20.2 Å². The average molecular weight is 645 g/mol. The fourth-order valence-corrected chi connectivity index (χ4v) is 11.2. The van der Waals surface area contributed by atoms with Crippen molar-refractivity contribution < 1.29 is 0 Å². The first-order chi connectivity index (χ1) is 23.8. The largest absolute Gasteiger partial charge is 0.135 e. The summed E-state index contributed by atoms with van der Waals surface area (Å²) in [6.07, 6.45) is 0. The Kier molecular flexibility index (Phi) is 6.44. The quantitative estimate of drug-likeness (QED) is 0.164. The van der Waals surface area contributed by atoms with Crippen molar-refractivity contribution in [3.8, 4) is 44.5 Å². The van der Waals surface area contributed by atoms with Gasteiger partial charge in [-0.1, -0.05) is 146 Å². The molecule has 0 saturated heterocycles. The van der Waals surface area contributed by atoms with Crippen LogP contribution in [0.25, 0.3) is 75.5 Å². The van der Waals surface area contributed by atoms with Crippen LogP contribution in [0, 0.1) is 0 Å². The third-order valence-corrected chi connectivity index (χ3v) is 13.3. The molecule has 0 atom stereocenters. The second kappa shape index (κ2) is 11.1. The second-order valence-electron chi connectivity index (χ2n) is 12.5. The molecular formula is C46H29PS. The fourth-order valence-electron chi connectivity index (χ4n) is 7.62. The minimum absolute atomic E-state index is 0.845. The Labute approximate surface area is 285 Å². The highest BCUT2D eigenvalue weighted by Crippen LogP contribution is 2.52. The Morgan fingerprint density at radius 1 is 0.312 bits per heavy atom. The molecule has 1 aliphatic rings. The van der Waals surface area contributed by atoms with Gasteiger partial charge in [-0.25, -0.2) is 0 Å². The van der Waals surface area contributed by atoms with Crippen molar-refractivity contribution in [1.29, 1.82) is 0 Å². The molecule has 0 aliphatic heterocycles. The Balaban J connectivity index is 1.21. The monoisotopic (exact) mass is 644 g/mol. The normalized spacial score (nSPS) is 11.9. The summed E-state index contributed by atoms with van der Waals surface area (Å²) in [6.45, 7) is 0. The third kappa shape index (κ3) is 4.40. The number of hydrogen-bond acceptors (Lipinski definition) is 1. The van der Waals surface area contributed by atoms with Gasteiger partial charge in [-0.2, -0.15) is 0 Å². The van der Waals surface area contributed by atoms with Crippen molar-refractivity contribution in [1.82, 2.24) is 0 Å². The lowest BCUT2D eigenvalue weighted by molar-refractivity contribution is 1.63. The Hall–Kier alpha value is -5.33. The van der Waals surface area contributed by atoms with E-state index in [9.17, 15) is 0 Å². The number of hydrogen-bond donors (Lipinski definition) is 0. The fraction of sp³-hybridized carbons (Fsp3) is 0. The van der Waals surface area contributed by atoms with Crippen LogP contribution in [0.1, 0.15) is 0 Å². The molecule has 0 saturated carbocycles. The molecule has 10 rings (SSSR count). The van der Waals surface area contributed by atoms with Gasteiger partial charge in [0.05, 0.1) is 0 Å². The Bertz CT molecular complexity index is 2590. The summed E-state index contributed by atoms with van der Waals surface area (Å²) in [7, 11) is -0.845. The zero-order valence-electron chi connectivity index (χ0n) is 26.1. The van der Waals surface area contributed by atoms with Gasteiger partial charge in [0.1, 0.15) is 0 Å². The standard InChI is InChI=1S/C46H29PS/c1-3-12-30(13-4-1)32-16-9-18-34(26-32)47(35-19-10-17-33(27-35)31-14-5-2-6-15-31)36-24-25-43-42(28-36)46-40-23-11-22-39-37-20-7-8-21-38(37)41(45(39)40)29-44(46)48-43/h1-29H. The topological polar surface area (TPSA) is 0 Å². The van der Waals surface area contributed by atoms with Gasteiger partial charge in [0.15, 0.2) is 0 Å². The van der Waals surface area contributed by atoms with Crippen molar-refractivity contribution in [3.63, 3.8) is 0 Å². The van der Waals surface area contributed by atoms with Gasteiger partial charge in [0.25, 0.3) is 0 Å². The van der Waals surface area contributed by atoms with Crippen molar-refractivity contribution in [2.75, 3.05) is 0 Å². The van der Waals surface area contributed by atoms with Crippen LogP contribution in [0.2, 0.25) is 0 Å². The van der Waals surface area contributed by atoms with Gasteiger partial charge in [-0.3, -0.25) is 0 Å². The van der Waals surface area contributed by atoms with E-state index in [2.05, 4.69) is 176 Å². The van der Waals surface area contributed by atoms with Crippen molar-refractivity contribution in [2.24, 2.45) is 0 Å². The molecule has 9 aromatic rings. The molecule has 0 spiro atoms. The van der Waals surface area contributed by atoms with E-state index in [1.165, 1.54) is 91.4 Å². The molecule has 0 radical (unpaired) electrons. The summed E-state index contributed by atoms with van der Waals surface area (Å²) in [5.41, 5.74) is 10.4. The molecule has 1 aliphatic carbocycles. The maximum Gasteiger partial charge on any atom is 0.0368 e. The number of benzene rings is 8. The smallest absolute Gasteiger partial charge is 0.0368 e. The highest BCUT2D eigenvalue weighted by Gasteiger charge is 2.25. The maximum absolute atomic E-state index is 2.51. The summed E-state index contributed by atoms with van der Waals surface area (Å²) < 4.78 is 2.71. The number of fused-ring (bicyclic) bond motifs is 7. The predicted octanol–water partition coefficient (Wildman–Crippen LogP) is 11.9. The molecule has 0 fully saturated rings. The van der Waals surface area contributed by atoms with E-state index in [-0.39, 0.29) is 0 Å². The molecule has 48 heavy (non-hydrogen) atoms. The summed E-state index contributed by atoms with van der Waals surface area (Å²) >= 11 is 1.92. The van der Waals surface area contributed by atoms with E-state index in [1.54, 1.807) is 0 Å². The van der Waals surface area contributed by atoms with Crippen LogP contribution < -0.4 is 15.9 Å². The Morgan fingerprint density at radius 2 is 0.854 bits per heavy atom. The first-order valence-electron chi connectivity index (χ1n) is 16.4. The molecule has 224 valence electrons. The zero-order valence-corrected chi connectivity index (χ0v) is 27.8. The highest BCUT2D eigenvalue weighted by atomic mass is 32.1. The van der Waals surface area contributed by atoms with Crippen LogP contribution in [-0.4, -0.2) is 0 Å². The molecule has 2 heteroatoms. The predicted molar refractivity (Wildman–Crippen MR) is 211 cm³/mol. The molecule has 8 aromatic carbocycles. The van der Waals surface area contributed by atoms with Gasteiger partial charge in [-0.05, 0) is 109 Å². The SMILES string of the molecule is c1ccc(-c2cccc(P(c3cccc(-c4ccccc4)c3)c3ccc4sc5cc6c7c(cccc7c5c4c3)-c3ccccc3-6)c2)cc1. The maximum atomic E-state index is 2.51. The summed E-state index contributed by atoms with van der Waals surface area (Å²) in [5.74, 6) is 0. The van der Waals surface area contributed by atoms with Crippen LogP contribution in [0.4, 0.5) is 0 Å². The highest BCUT2D eigenvalue weighted by molar-refractivity contribution is 7.79. The molecule has 0 bridgehead atoms. The van der Waals surface area contributed by atoms with E-state index >= 15 is 0 Å². The van der Waals surface area contributed by atoms with Crippen LogP contribution in [-0.2, 0) is 0 Å². The second-order valence-corrected chi connectivity index (χ2v) is 15.8. The molecule has 0 amide bonds. The van der Waals surface area contributed by atoms with Crippen LogP contribution in [0.15, 0.2) is 176 Å². The summed E-state index contributed by atoms with van der Waals surface area (Å²) in [5, 5.41) is 9.59. The number of thiophene rings is 1. The van der Waals surface area contributed by atoms with Crippen molar-refractivity contribution >= 4 is 66.1 Å². The van der Waals surface area contributed by atoms with Crippen molar-refractivity contribution in [2.45, 2.75) is 0 Å². The lowest BCUT2D eigenvalue weighted by Gasteiger charge is -2.21. The van der Waals surface area contributed by atoms with E-state index in [0.717, 1.165) is 0 Å². The van der Waals surface area contributed by atoms with Crippen LogP contribution >= 0.6 is 19.3 Å². The van der Waals surface area contributed by atoms with Gasteiger partial charge >= 0.3 is 0 Å². The summed E-state index contributed by atoms with van der Waals surface area (Å²) in [4.78, 5) is 0. The molecule has 0 unspecified atom stereocenters. The zero-order chi connectivity index (χ0) is 31.6. The van der Waals surface area contributed by atoms with Crippen LogP contribution in [0.3, 0.4) is 0 Å². The van der Waals surface area contributed by atoms with Gasteiger partial charge < -0.3 is 0 Å². The first kappa shape index (κ1) is 27.8. The third-order valence-electron chi connectivity index (χ3n) is 9.77. The molecule has 1 heterocycles. The lowest BCUT2D eigenvalue weighted by Crippen LogP contribution is -2.21. The van der Waals surface area contributed by atoms with Gasteiger partial charge in [-0.15, -0.1) is 11.3 Å². The molecule has 1 aromatic heterocycles. The van der Waals surface area contributed by atoms with Crippen LogP contribution in [0.5, 0.6) is 0 Å². The minimum Gasteiger partial charge on any atom is -0.135 e. The lowest BCUT2D eigenvalue weighted by atomic mass is 9.98. The van der Waals surface area contributed by atoms with Gasteiger partial charge in [0.2, 0.25) is 0 Å². The first-order valence-corrected chi connectivity index (χ1v) is 18.6. The summed E-state index contributed by atoms with van der Waals surface area (Å²) in [6, 6.07) is 65.4. The molecule has 0 N–H and O–H groups in total. The Morgan fingerprint density at radius 3 is 1.52 bits per heavy atom. The van der Waals surface area contributed by atoms with E-state index < -0.39 is 7.92 Å². The molecule has 0 nitrogen and oxygen atoms in total.